The van der Waals surface area contributed by atoms with Crippen molar-refractivity contribution in [3.05, 3.63) is 40.2 Å². The van der Waals surface area contributed by atoms with E-state index in [0.717, 1.165) is 0 Å². The van der Waals surface area contributed by atoms with Crippen LogP contribution in [0.2, 0.25) is 0 Å². The van der Waals surface area contributed by atoms with Gasteiger partial charge in [-0.1, -0.05) is 0 Å². The zero-order chi connectivity index (χ0) is 17.0. The molecule has 0 saturated heterocycles. The summed E-state index contributed by atoms with van der Waals surface area (Å²) in [6, 6.07) is 5.71. The molecule has 1 aromatic carbocycles. The van der Waals surface area contributed by atoms with Crippen LogP contribution in [-0.4, -0.2) is 18.2 Å². The topological polar surface area (TPSA) is 94.8 Å². The summed E-state index contributed by atoms with van der Waals surface area (Å²) in [6.45, 7) is 5.56. The van der Waals surface area contributed by atoms with Crippen LogP contribution >= 0.6 is 0 Å². The number of alkyl carbamates (subject to hydrolysis) is 1. The Morgan fingerprint density at radius 2 is 2.04 bits per heavy atom. The van der Waals surface area contributed by atoms with E-state index in [0.29, 0.717) is 5.58 Å². The maximum absolute atomic E-state index is 12.1. The standard InChI is InChI=1S/C16H17NO6/c1-16(2,3)23-15(20)17-8-11-7-13(19)12-6-10(21-9-18)4-5-14(12)22-11/h4-7,9H,8H2,1-3H3,(H,17,20). The minimum atomic E-state index is -0.608. The third-order valence-corrected chi connectivity index (χ3v) is 2.74. The Morgan fingerprint density at radius 3 is 2.70 bits per heavy atom. The van der Waals surface area contributed by atoms with Crippen LogP contribution in [-0.2, 0) is 16.1 Å². The number of amides is 1. The number of nitrogens with one attached hydrogen (secondary N) is 1. The summed E-state index contributed by atoms with van der Waals surface area (Å²) in [5, 5.41) is 2.80. The zero-order valence-corrected chi connectivity index (χ0v) is 13.0. The van der Waals surface area contributed by atoms with Gasteiger partial charge in [-0.05, 0) is 39.0 Å². The van der Waals surface area contributed by atoms with Crippen molar-refractivity contribution in [1.82, 2.24) is 5.32 Å². The molecule has 0 spiro atoms. The minimum absolute atomic E-state index is 0.0205. The molecule has 1 N–H and O–H groups in total. The Balaban J connectivity index is 2.17. The molecule has 7 heteroatoms. The molecule has 0 aliphatic heterocycles. The number of ether oxygens (including phenoxy) is 2. The molecule has 1 aromatic heterocycles. The number of benzene rings is 1. The molecule has 23 heavy (non-hydrogen) atoms. The molecule has 2 rings (SSSR count). The van der Waals surface area contributed by atoms with Crippen LogP contribution in [0.1, 0.15) is 26.5 Å². The van der Waals surface area contributed by atoms with Gasteiger partial charge >= 0.3 is 6.09 Å². The van der Waals surface area contributed by atoms with Gasteiger partial charge in [0.15, 0.2) is 5.43 Å². The molecule has 0 bridgehead atoms. The first-order valence-corrected chi connectivity index (χ1v) is 6.92. The number of hydrogen-bond acceptors (Lipinski definition) is 6. The molecule has 0 atom stereocenters. The lowest BCUT2D eigenvalue weighted by Crippen LogP contribution is -2.32. The Morgan fingerprint density at radius 1 is 1.30 bits per heavy atom. The quantitative estimate of drug-likeness (QED) is 0.869. The SMILES string of the molecule is CC(C)(C)OC(=O)NCc1cc(=O)c2cc(OC=O)ccc2o1. The van der Waals surface area contributed by atoms with Crippen LogP contribution in [0, 0.1) is 0 Å². The number of carbonyl (C=O) groups is 2. The second kappa shape index (κ2) is 6.51. The van der Waals surface area contributed by atoms with E-state index < -0.39 is 11.7 Å². The maximum atomic E-state index is 12.1. The first-order valence-electron chi connectivity index (χ1n) is 6.92. The molecule has 2 aromatic rings. The highest BCUT2D eigenvalue weighted by atomic mass is 16.6. The van der Waals surface area contributed by atoms with E-state index in [1.807, 2.05) is 0 Å². The number of rotatable bonds is 4. The molecule has 122 valence electrons. The van der Waals surface area contributed by atoms with Crippen LogP contribution in [0.5, 0.6) is 5.75 Å². The van der Waals surface area contributed by atoms with E-state index in [9.17, 15) is 14.4 Å². The lowest BCUT2D eigenvalue weighted by Gasteiger charge is -2.19. The lowest BCUT2D eigenvalue weighted by atomic mass is 10.2. The van der Waals surface area contributed by atoms with Crippen molar-refractivity contribution in [1.29, 1.82) is 0 Å². The molecular formula is C16H17NO6. The Labute approximate surface area is 132 Å². The van der Waals surface area contributed by atoms with Gasteiger partial charge in [-0.25, -0.2) is 4.79 Å². The number of hydrogen-bond donors (Lipinski definition) is 1. The molecule has 0 radical (unpaired) electrons. The van der Waals surface area contributed by atoms with Crippen molar-refractivity contribution in [2.45, 2.75) is 32.9 Å². The van der Waals surface area contributed by atoms with Crippen LogP contribution in [0.3, 0.4) is 0 Å². The minimum Gasteiger partial charge on any atom is -0.459 e. The molecule has 0 aliphatic carbocycles. The van der Waals surface area contributed by atoms with Gasteiger partial charge in [0, 0.05) is 6.07 Å². The van der Waals surface area contributed by atoms with Gasteiger partial charge in [-0.3, -0.25) is 9.59 Å². The summed E-state index contributed by atoms with van der Waals surface area (Å²) in [5.41, 5.74) is -0.580. The summed E-state index contributed by atoms with van der Waals surface area (Å²) in [6.07, 6.45) is -0.602. The summed E-state index contributed by atoms with van der Waals surface area (Å²) in [4.78, 5) is 34.0. The van der Waals surface area contributed by atoms with E-state index >= 15 is 0 Å². The van der Waals surface area contributed by atoms with Gasteiger partial charge in [0.1, 0.15) is 22.7 Å². The van der Waals surface area contributed by atoms with Crippen molar-refractivity contribution in [3.8, 4) is 5.75 Å². The molecule has 0 aliphatic rings. The number of fused-ring (bicyclic) bond motifs is 1. The van der Waals surface area contributed by atoms with Gasteiger partial charge in [0.25, 0.3) is 6.47 Å². The van der Waals surface area contributed by atoms with Crippen LogP contribution in [0.4, 0.5) is 4.79 Å². The van der Waals surface area contributed by atoms with Crippen molar-refractivity contribution < 1.29 is 23.5 Å². The molecule has 0 unspecified atom stereocenters. The highest BCUT2D eigenvalue weighted by Gasteiger charge is 2.16. The van der Waals surface area contributed by atoms with E-state index in [4.69, 9.17) is 9.15 Å². The Hall–Kier alpha value is -2.83. The third kappa shape index (κ3) is 4.57. The zero-order valence-electron chi connectivity index (χ0n) is 13.0. The largest absolute Gasteiger partial charge is 0.459 e. The second-order valence-corrected chi connectivity index (χ2v) is 5.80. The summed E-state index contributed by atoms with van der Waals surface area (Å²) < 4.78 is 15.3. The van der Waals surface area contributed by atoms with E-state index in [2.05, 4.69) is 10.1 Å². The first kappa shape index (κ1) is 16.5. The van der Waals surface area contributed by atoms with E-state index in [1.54, 1.807) is 20.8 Å². The normalized spacial score (nSPS) is 11.1. The van der Waals surface area contributed by atoms with E-state index in [-0.39, 0.29) is 35.3 Å². The fourth-order valence-corrected chi connectivity index (χ4v) is 1.87. The molecular weight excluding hydrogens is 302 g/mol. The first-order chi connectivity index (χ1) is 10.8. The fraction of sp³-hybridized carbons (Fsp3) is 0.312. The fourth-order valence-electron chi connectivity index (χ4n) is 1.87. The predicted molar refractivity (Wildman–Crippen MR) is 82.2 cm³/mol. The monoisotopic (exact) mass is 319 g/mol. The van der Waals surface area contributed by atoms with Crippen LogP contribution < -0.4 is 15.5 Å². The van der Waals surface area contributed by atoms with Gasteiger partial charge < -0.3 is 19.2 Å². The van der Waals surface area contributed by atoms with Crippen molar-refractivity contribution >= 4 is 23.5 Å². The maximum Gasteiger partial charge on any atom is 0.408 e. The van der Waals surface area contributed by atoms with Crippen molar-refractivity contribution in [2.75, 3.05) is 0 Å². The third-order valence-electron chi connectivity index (χ3n) is 2.74. The van der Waals surface area contributed by atoms with Crippen molar-refractivity contribution in [3.63, 3.8) is 0 Å². The van der Waals surface area contributed by atoms with Crippen LogP contribution in [0.25, 0.3) is 11.0 Å². The highest BCUT2D eigenvalue weighted by Crippen LogP contribution is 2.19. The molecule has 0 saturated carbocycles. The summed E-state index contributed by atoms with van der Waals surface area (Å²) in [7, 11) is 0. The number of carbonyl (C=O) groups excluding carboxylic acids is 2. The van der Waals surface area contributed by atoms with Gasteiger partial charge in [0.05, 0.1) is 11.9 Å². The van der Waals surface area contributed by atoms with Crippen molar-refractivity contribution in [2.24, 2.45) is 0 Å². The molecule has 1 amide bonds. The average Bonchev–Trinajstić information content (AvgIpc) is 2.44. The second-order valence-electron chi connectivity index (χ2n) is 5.80. The molecule has 1 heterocycles. The van der Waals surface area contributed by atoms with Gasteiger partial charge in [-0.15, -0.1) is 0 Å². The lowest BCUT2D eigenvalue weighted by molar-refractivity contribution is -0.120. The summed E-state index contributed by atoms with van der Waals surface area (Å²) in [5.74, 6) is 0.539. The van der Waals surface area contributed by atoms with E-state index in [1.165, 1.54) is 24.3 Å². The summed E-state index contributed by atoms with van der Waals surface area (Å²) >= 11 is 0. The molecule has 7 nitrogen and oxygen atoms in total. The average molecular weight is 319 g/mol. The Kier molecular flexibility index (Phi) is 4.68. The predicted octanol–water partition coefficient (Wildman–Crippen LogP) is 2.35. The van der Waals surface area contributed by atoms with Gasteiger partial charge in [0.2, 0.25) is 0 Å². The van der Waals surface area contributed by atoms with Gasteiger partial charge in [-0.2, -0.15) is 0 Å². The Bertz CT molecular complexity index is 787. The molecule has 0 fully saturated rings. The smallest absolute Gasteiger partial charge is 0.408 e. The van der Waals surface area contributed by atoms with Crippen LogP contribution in [0.15, 0.2) is 33.5 Å². The highest BCUT2D eigenvalue weighted by molar-refractivity contribution is 5.78.